The van der Waals surface area contributed by atoms with E-state index in [4.69, 9.17) is 0 Å². The summed E-state index contributed by atoms with van der Waals surface area (Å²) in [5, 5.41) is 15.8. The summed E-state index contributed by atoms with van der Waals surface area (Å²) in [4.78, 5) is 24.2. The second-order valence-corrected chi connectivity index (χ2v) is 6.24. The molecule has 5 nitrogen and oxygen atoms in total. The van der Waals surface area contributed by atoms with Gasteiger partial charge in [0.1, 0.15) is 0 Å². The molecule has 1 aromatic carbocycles. The summed E-state index contributed by atoms with van der Waals surface area (Å²) in [6, 6.07) is 8.16. The molecule has 0 aromatic heterocycles. The van der Waals surface area contributed by atoms with Crippen molar-refractivity contribution >= 4 is 11.8 Å². The van der Waals surface area contributed by atoms with Crippen molar-refractivity contribution in [3.8, 4) is 0 Å². The SMILES string of the molecule is CC(C)C(NC(=O)c1ccccc1)C(O)C(=O)NCC1CC1. The van der Waals surface area contributed by atoms with E-state index in [2.05, 4.69) is 10.6 Å². The van der Waals surface area contributed by atoms with Crippen LogP contribution in [0.15, 0.2) is 30.3 Å². The molecule has 2 amide bonds. The molecular weight excluding hydrogens is 280 g/mol. The average Bonchev–Trinajstić information content (AvgIpc) is 3.34. The summed E-state index contributed by atoms with van der Waals surface area (Å²) in [5.41, 5.74) is 0.513. The minimum absolute atomic E-state index is 0.0608. The van der Waals surface area contributed by atoms with Gasteiger partial charge in [0.15, 0.2) is 6.10 Å². The molecule has 1 saturated carbocycles. The largest absolute Gasteiger partial charge is 0.381 e. The van der Waals surface area contributed by atoms with Crippen molar-refractivity contribution in [1.82, 2.24) is 10.6 Å². The minimum Gasteiger partial charge on any atom is -0.381 e. The molecule has 1 aliphatic carbocycles. The van der Waals surface area contributed by atoms with Gasteiger partial charge >= 0.3 is 0 Å². The standard InChI is InChI=1S/C17H24N2O3/c1-11(2)14(15(20)17(22)18-10-12-8-9-12)19-16(21)13-6-4-3-5-7-13/h3-7,11-12,14-15,20H,8-10H2,1-2H3,(H,18,22)(H,19,21). The van der Waals surface area contributed by atoms with Gasteiger partial charge in [0.05, 0.1) is 6.04 Å². The van der Waals surface area contributed by atoms with E-state index in [-0.39, 0.29) is 11.8 Å². The summed E-state index contributed by atoms with van der Waals surface area (Å²) in [5.74, 6) is -0.214. The van der Waals surface area contributed by atoms with E-state index in [0.717, 1.165) is 12.8 Å². The normalized spacial score (nSPS) is 16.9. The topological polar surface area (TPSA) is 78.4 Å². The highest BCUT2D eigenvalue weighted by Crippen LogP contribution is 2.27. The summed E-state index contributed by atoms with van der Waals surface area (Å²) in [7, 11) is 0. The predicted molar refractivity (Wildman–Crippen MR) is 84.3 cm³/mol. The zero-order valence-corrected chi connectivity index (χ0v) is 13.1. The van der Waals surface area contributed by atoms with Gasteiger partial charge in [-0.15, -0.1) is 0 Å². The van der Waals surface area contributed by atoms with Gasteiger partial charge in [-0.3, -0.25) is 9.59 Å². The smallest absolute Gasteiger partial charge is 0.251 e. The lowest BCUT2D eigenvalue weighted by Gasteiger charge is -2.26. The molecule has 2 rings (SSSR count). The van der Waals surface area contributed by atoms with Crippen LogP contribution < -0.4 is 10.6 Å². The number of carbonyl (C=O) groups excluding carboxylic acids is 2. The Morgan fingerprint density at radius 2 is 1.86 bits per heavy atom. The predicted octanol–water partition coefficient (Wildman–Crippen LogP) is 1.33. The van der Waals surface area contributed by atoms with Gasteiger partial charge in [-0.2, -0.15) is 0 Å². The number of aliphatic hydroxyl groups excluding tert-OH is 1. The van der Waals surface area contributed by atoms with Gasteiger partial charge in [0, 0.05) is 12.1 Å². The van der Waals surface area contributed by atoms with E-state index in [0.29, 0.717) is 18.0 Å². The van der Waals surface area contributed by atoms with E-state index in [1.165, 1.54) is 0 Å². The third kappa shape index (κ3) is 4.56. The lowest BCUT2D eigenvalue weighted by Crippen LogP contribution is -2.53. The van der Waals surface area contributed by atoms with Crippen LogP contribution in [0.3, 0.4) is 0 Å². The maximum Gasteiger partial charge on any atom is 0.251 e. The molecule has 3 N–H and O–H groups in total. The Kier molecular flexibility index (Phi) is 5.55. The zero-order chi connectivity index (χ0) is 16.1. The van der Waals surface area contributed by atoms with Crippen LogP contribution in [0.2, 0.25) is 0 Å². The number of hydrogen-bond donors (Lipinski definition) is 3. The molecule has 1 fully saturated rings. The minimum atomic E-state index is -1.24. The van der Waals surface area contributed by atoms with Gasteiger partial charge in [0.2, 0.25) is 0 Å². The second kappa shape index (κ2) is 7.40. The Morgan fingerprint density at radius 3 is 2.41 bits per heavy atom. The first kappa shape index (κ1) is 16.5. The Morgan fingerprint density at radius 1 is 1.23 bits per heavy atom. The van der Waals surface area contributed by atoms with Crippen LogP contribution in [0.5, 0.6) is 0 Å². The molecule has 0 bridgehead atoms. The third-order valence-corrected chi connectivity index (χ3v) is 3.92. The van der Waals surface area contributed by atoms with Gasteiger partial charge in [-0.25, -0.2) is 0 Å². The van der Waals surface area contributed by atoms with Crippen LogP contribution in [-0.2, 0) is 4.79 Å². The first-order valence-corrected chi connectivity index (χ1v) is 7.80. The number of carbonyl (C=O) groups is 2. The summed E-state index contributed by atoms with van der Waals surface area (Å²) in [6.45, 7) is 4.34. The first-order chi connectivity index (χ1) is 10.5. The zero-order valence-electron chi connectivity index (χ0n) is 13.1. The van der Waals surface area contributed by atoms with Crippen molar-refractivity contribution < 1.29 is 14.7 Å². The molecule has 0 aliphatic heterocycles. The van der Waals surface area contributed by atoms with Gasteiger partial charge in [-0.1, -0.05) is 32.0 Å². The van der Waals surface area contributed by atoms with Crippen LogP contribution in [0, 0.1) is 11.8 Å². The highest BCUT2D eigenvalue weighted by molar-refractivity contribution is 5.95. The number of hydrogen-bond acceptors (Lipinski definition) is 3. The van der Waals surface area contributed by atoms with Crippen molar-refractivity contribution in [2.24, 2.45) is 11.8 Å². The van der Waals surface area contributed by atoms with Crippen molar-refractivity contribution in [2.75, 3.05) is 6.54 Å². The van der Waals surface area contributed by atoms with E-state index < -0.39 is 18.1 Å². The molecule has 0 spiro atoms. The Labute approximate surface area is 131 Å². The molecule has 22 heavy (non-hydrogen) atoms. The van der Waals surface area contributed by atoms with E-state index in [1.54, 1.807) is 24.3 Å². The molecule has 0 saturated heterocycles. The molecule has 120 valence electrons. The van der Waals surface area contributed by atoms with Crippen LogP contribution in [0.1, 0.15) is 37.0 Å². The molecule has 1 aliphatic rings. The van der Waals surface area contributed by atoms with Gasteiger partial charge < -0.3 is 15.7 Å². The van der Waals surface area contributed by atoms with E-state index >= 15 is 0 Å². The number of amides is 2. The summed E-state index contributed by atoms with van der Waals surface area (Å²) >= 11 is 0. The fourth-order valence-corrected chi connectivity index (χ4v) is 2.27. The summed E-state index contributed by atoms with van der Waals surface area (Å²) < 4.78 is 0. The van der Waals surface area contributed by atoms with Crippen LogP contribution >= 0.6 is 0 Å². The van der Waals surface area contributed by atoms with Crippen LogP contribution in [0.25, 0.3) is 0 Å². The Hall–Kier alpha value is -1.88. The second-order valence-electron chi connectivity index (χ2n) is 6.24. The highest BCUT2D eigenvalue weighted by Gasteiger charge is 2.31. The number of benzene rings is 1. The average molecular weight is 304 g/mol. The fourth-order valence-electron chi connectivity index (χ4n) is 2.27. The molecule has 0 radical (unpaired) electrons. The lowest BCUT2D eigenvalue weighted by atomic mass is 9.97. The first-order valence-electron chi connectivity index (χ1n) is 7.80. The fraction of sp³-hybridized carbons (Fsp3) is 0.529. The molecule has 2 unspecified atom stereocenters. The monoisotopic (exact) mass is 304 g/mol. The maximum absolute atomic E-state index is 12.2. The number of nitrogens with one attached hydrogen (secondary N) is 2. The summed E-state index contributed by atoms with van der Waals surface area (Å²) in [6.07, 6.45) is 1.02. The molecule has 5 heteroatoms. The van der Waals surface area contributed by atoms with E-state index in [1.807, 2.05) is 19.9 Å². The van der Waals surface area contributed by atoms with Crippen molar-refractivity contribution in [2.45, 2.75) is 38.8 Å². The van der Waals surface area contributed by atoms with Crippen LogP contribution in [-0.4, -0.2) is 35.6 Å². The number of aliphatic hydroxyl groups is 1. The van der Waals surface area contributed by atoms with Gasteiger partial charge in [-0.05, 0) is 36.8 Å². The van der Waals surface area contributed by atoms with Crippen molar-refractivity contribution in [1.29, 1.82) is 0 Å². The molecule has 0 heterocycles. The van der Waals surface area contributed by atoms with Crippen molar-refractivity contribution in [3.63, 3.8) is 0 Å². The van der Waals surface area contributed by atoms with Crippen molar-refractivity contribution in [3.05, 3.63) is 35.9 Å². The van der Waals surface area contributed by atoms with Gasteiger partial charge in [0.25, 0.3) is 11.8 Å². The lowest BCUT2D eigenvalue weighted by molar-refractivity contribution is -0.131. The molecule has 2 atom stereocenters. The molecular formula is C17H24N2O3. The quantitative estimate of drug-likeness (QED) is 0.711. The van der Waals surface area contributed by atoms with E-state index in [9.17, 15) is 14.7 Å². The third-order valence-electron chi connectivity index (χ3n) is 3.92. The van der Waals surface area contributed by atoms with Crippen LogP contribution in [0.4, 0.5) is 0 Å². The number of rotatable bonds is 7. The molecule has 1 aromatic rings. The Balaban J connectivity index is 1.95. The highest BCUT2D eigenvalue weighted by atomic mass is 16.3. The maximum atomic E-state index is 12.2. The Bertz CT molecular complexity index is 512.